The monoisotopic (exact) mass is 257 g/mol. The number of nitrogens with zero attached hydrogens (tertiary/aromatic N) is 1. The molecule has 1 rings (SSSR count). The van der Waals surface area contributed by atoms with Crippen molar-refractivity contribution < 1.29 is 47.4 Å². The number of hydrogen-bond acceptors (Lipinski definition) is 6. The molecule has 1 aromatic rings. The SMILES string of the molecule is CON=CCc1ccc(S(=O)(=O)[O-])s1.[Na+]. The van der Waals surface area contributed by atoms with E-state index in [1.54, 1.807) is 6.07 Å². The van der Waals surface area contributed by atoms with Crippen molar-refractivity contribution in [2.45, 2.75) is 10.6 Å². The molecule has 0 aromatic carbocycles. The summed E-state index contributed by atoms with van der Waals surface area (Å²) in [6, 6.07) is 2.88. The van der Waals surface area contributed by atoms with Gasteiger partial charge in [0.15, 0.2) is 0 Å². The van der Waals surface area contributed by atoms with Crippen LogP contribution in [0.5, 0.6) is 0 Å². The van der Waals surface area contributed by atoms with Gasteiger partial charge < -0.3 is 9.39 Å². The minimum absolute atomic E-state index is 0. The van der Waals surface area contributed by atoms with Crippen molar-refractivity contribution >= 4 is 27.7 Å². The van der Waals surface area contributed by atoms with Crippen LogP contribution in [0.3, 0.4) is 0 Å². The molecule has 0 amide bonds. The number of oxime groups is 1. The van der Waals surface area contributed by atoms with Crippen LogP contribution in [0.15, 0.2) is 21.5 Å². The first kappa shape index (κ1) is 15.1. The Morgan fingerprint density at radius 1 is 1.60 bits per heavy atom. The van der Waals surface area contributed by atoms with Crippen LogP contribution < -0.4 is 29.6 Å². The summed E-state index contributed by atoms with van der Waals surface area (Å²) in [5.41, 5.74) is 0. The summed E-state index contributed by atoms with van der Waals surface area (Å²) in [5, 5.41) is 3.49. The number of thiophene rings is 1. The normalized spacial score (nSPS) is 11.3. The molecule has 0 aliphatic carbocycles. The van der Waals surface area contributed by atoms with E-state index in [1.165, 1.54) is 19.4 Å². The fraction of sp³-hybridized carbons (Fsp3) is 0.286. The molecule has 0 fully saturated rings. The largest absolute Gasteiger partial charge is 1.00 e. The fourth-order valence-electron chi connectivity index (χ4n) is 0.804. The second kappa shape index (κ2) is 6.62. The maximum atomic E-state index is 10.6. The molecule has 0 aliphatic heterocycles. The van der Waals surface area contributed by atoms with Crippen molar-refractivity contribution in [2.75, 3.05) is 7.11 Å². The Hall–Kier alpha value is 0.0800. The van der Waals surface area contributed by atoms with E-state index < -0.39 is 10.1 Å². The molecule has 0 spiro atoms. The molecule has 1 heterocycles. The van der Waals surface area contributed by atoms with E-state index >= 15 is 0 Å². The van der Waals surface area contributed by atoms with Gasteiger partial charge in [-0.05, 0) is 12.1 Å². The first-order chi connectivity index (χ1) is 6.54. The van der Waals surface area contributed by atoms with Gasteiger partial charge in [-0.25, -0.2) is 8.42 Å². The average Bonchev–Trinajstić information content (AvgIpc) is 2.52. The van der Waals surface area contributed by atoms with Gasteiger partial charge in [0.25, 0.3) is 0 Å². The van der Waals surface area contributed by atoms with Crippen molar-refractivity contribution in [3.05, 3.63) is 17.0 Å². The maximum Gasteiger partial charge on any atom is 1.00 e. The molecule has 1 aromatic heterocycles. The van der Waals surface area contributed by atoms with Crippen LogP contribution in [0.2, 0.25) is 0 Å². The van der Waals surface area contributed by atoms with E-state index in [9.17, 15) is 13.0 Å². The number of rotatable bonds is 4. The first-order valence-corrected chi connectivity index (χ1v) is 5.86. The predicted molar refractivity (Wildman–Crippen MR) is 51.5 cm³/mol. The van der Waals surface area contributed by atoms with Crippen LogP contribution in [-0.2, 0) is 21.4 Å². The van der Waals surface area contributed by atoms with Crippen molar-refractivity contribution in [3.63, 3.8) is 0 Å². The Morgan fingerprint density at radius 3 is 2.73 bits per heavy atom. The summed E-state index contributed by atoms with van der Waals surface area (Å²) in [4.78, 5) is 5.18. The third kappa shape index (κ3) is 5.10. The van der Waals surface area contributed by atoms with Crippen molar-refractivity contribution in [2.24, 2.45) is 5.16 Å². The minimum Gasteiger partial charge on any atom is -0.743 e. The summed E-state index contributed by atoms with van der Waals surface area (Å²) in [6.07, 6.45) is 1.95. The van der Waals surface area contributed by atoms with Gasteiger partial charge in [-0.2, -0.15) is 0 Å². The quantitative estimate of drug-likeness (QED) is 0.266. The van der Waals surface area contributed by atoms with Gasteiger partial charge in [-0.1, -0.05) is 5.16 Å². The molecule has 78 valence electrons. The zero-order chi connectivity index (χ0) is 10.6. The number of hydrogen-bond donors (Lipinski definition) is 0. The van der Waals surface area contributed by atoms with E-state index in [0.717, 1.165) is 16.2 Å². The standard InChI is InChI=1S/C7H9NO4S2.Na/c1-12-8-5-4-6-2-3-7(13-6)14(9,10)11;/h2-3,5H,4H2,1H3,(H,9,10,11);/q;+1/p-1. The molecule has 0 unspecified atom stereocenters. The second-order valence-corrected chi connectivity index (χ2v) is 5.12. The van der Waals surface area contributed by atoms with Gasteiger partial charge in [0.2, 0.25) is 0 Å². The fourth-order valence-corrected chi connectivity index (χ4v) is 2.46. The Kier molecular flexibility index (Phi) is 6.65. The predicted octanol–water partition coefficient (Wildman–Crippen LogP) is -2.17. The van der Waals surface area contributed by atoms with Crippen LogP contribution in [-0.4, -0.2) is 26.3 Å². The molecule has 0 saturated heterocycles. The van der Waals surface area contributed by atoms with Gasteiger partial charge in [0, 0.05) is 17.5 Å². The average molecular weight is 257 g/mol. The van der Waals surface area contributed by atoms with Gasteiger partial charge in [0.05, 0.1) is 0 Å². The summed E-state index contributed by atoms with van der Waals surface area (Å²) < 4.78 is 31.5. The first-order valence-electron chi connectivity index (χ1n) is 3.63. The minimum atomic E-state index is -4.32. The van der Waals surface area contributed by atoms with Gasteiger partial charge in [-0.15, -0.1) is 11.3 Å². The van der Waals surface area contributed by atoms with E-state index in [4.69, 9.17) is 0 Å². The third-order valence-corrected chi connectivity index (χ3v) is 3.75. The summed E-state index contributed by atoms with van der Waals surface area (Å²) in [7, 11) is -2.90. The van der Waals surface area contributed by atoms with E-state index in [1.807, 2.05) is 0 Å². The van der Waals surface area contributed by atoms with Gasteiger partial charge >= 0.3 is 29.6 Å². The topological polar surface area (TPSA) is 78.8 Å². The van der Waals surface area contributed by atoms with Crippen LogP contribution >= 0.6 is 11.3 Å². The van der Waals surface area contributed by atoms with Crippen LogP contribution in [0.1, 0.15) is 4.88 Å². The molecular weight excluding hydrogens is 249 g/mol. The zero-order valence-electron chi connectivity index (χ0n) is 8.34. The molecule has 5 nitrogen and oxygen atoms in total. The van der Waals surface area contributed by atoms with Crippen LogP contribution in [0.25, 0.3) is 0 Å². The summed E-state index contributed by atoms with van der Waals surface area (Å²) in [6.45, 7) is 0. The molecule has 0 radical (unpaired) electrons. The molecule has 0 N–H and O–H groups in total. The van der Waals surface area contributed by atoms with E-state index in [2.05, 4.69) is 9.99 Å². The molecule has 0 atom stereocenters. The van der Waals surface area contributed by atoms with Crippen molar-refractivity contribution in [1.29, 1.82) is 0 Å². The Morgan fingerprint density at radius 2 is 2.27 bits per heavy atom. The molecular formula is C7H8NNaO4S2. The second-order valence-electron chi connectivity index (χ2n) is 2.35. The molecule has 15 heavy (non-hydrogen) atoms. The molecule has 0 aliphatic rings. The Bertz CT molecular complexity index is 426. The van der Waals surface area contributed by atoms with Crippen LogP contribution in [0.4, 0.5) is 0 Å². The smallest absolute Gasteiger partial charge is 0.743 e. The molecule has 8 heteroatoms. The summed E-state index contributed by atoms with van der Waals surface area (Å²) in [5.74, 6) is 0. The van der Waals surface area contributed by atoms with Crippen LogP contribution in [0, 0.1) is 0 Å². The third-order valence-electron chi connectivity index (χ3n) is 1.36. The maximum absolute atomic E-state index is 10.6. The summed E-state index contributed by atoms with van der Waals surface area (Å²) >= 11 is 0.943. The zero-order valence-corrected chi connectivity index (χ0v) is 12.0. The Labute approximate surface area is 114 Å². The van der Waals surface area contributed by atoms with E-state index in [0.29, 0.717) is 6.42 Å². The molecule has 0 saturated carbocycles. The van der Waals surface area contributed by atoms with Crippen molar-refractivity contribution in [1.82, 2.24) is 0 Å². The van der Waals surface area contributed by atoms with Crippen molar-refractivity contribution in [3.8, 4) is 0 Å². The van der Waals surface area contributed by atoms with Gasteiger partial charge in [0.1, 0.15) is 21.4 Å². The Balaban J connectivity index is 0.00000196. The van der Waals surface area contributed by atoms with Gasteiger partial charge in [-0.3, -0.25) is 0 Å². The van der Waals surface area contributed by atoms with E-state index in [-0.39, 0.29) is 33.8 Å². The molecule has 0 bridgehead atoms.